The fourth-order valence-electron chi connectivity index (χ4n) is 3.66. The number of carboxylic acid groups (broad SMARTS) is 1. The maximum Gasteiger partial charge on any atom is 0.303 e. The molecule has 0 bridgehead atoms. The summed E-state index contributed by atoms with van der Waals surface area (Å²) in [7, 11) is -3.46. The number of carboxylic acids is 1. The Morgan fingerprint density at radius 1 is 1.24 bits per heavy atom. The monoisotopic (exact) mass is 435 g/mol. The van der Waals surface area contributed by atoms with E-state index >= 15 is 0 Å². The highest BCUT2D eigenvalue weighted by molar-refractivity contribution is 7.92. The van der Waals surface area contributed by atoms with E-state index in [0.29, 0.717) is 34.5 Å². The van der Waals surface area contributed by atoms with Crippen LogP contribution in [0.3, 0.4) is 0 Å². The molecule has 154 valence electrons. The quantitative estimate of drug-likeness (QED) is 0.555. The number of halogens is 1. The van der Waals surface area contributed by atoms with Crippen LogP contribution >= 0.6 is 11.6 Å². The Kier molecular flexibility index (Phi) is 5.86. The summed E-state index contributed by atoms with van der Waals surface area (Å²) in [5.41, 5.74) is 1.29. The van der Waals surface area contributed by atoms with Gasteiger partial charge in [-0.15, -0.1) is 0 Å². The highest BCUT2D eigenvalue weighted by Crippen LogP contribution is 2.38. The molecule has 3 aromatic rings. The number of rotatable bonds is 8. The summed E-state index contributed by atoms with van der Waals surface area (Å²) in [6.45, 7) is 1.97. The van der Waals surface area contributed by atoms with Crippen molar-refractivity contribution in [3.05, 3.63) is 59.2 Å². The molecule has 0 aliphatic carbocycles. The number of fused-ring (bicyclic) bond motifs is 1. The molecule has 1 heterocycles. The van der Waals surface area contributed by atoms with E-state index in [1.165, 1.54) is 0 Å². The Morgan fingerprint density at radius 2 is 1.93 bits per heavy atom. The molecule has 1 unspecified atom stereocenters. The molecule has 0 aliphatic rings. The zero-order valence-corrected chi connectivity index (χ0v) is 17.7. The van der Waals surface area contributed by atoms with Gasteiger partial charge in [-0.1, -0.05) is 36.7 Å². The van der Waals surface area contributed by atoms with E-state index in [1.807, 2.05) is 25.1 Å². The number of nitrogens with one attached hydrogen (secondary N) is 1. The van der Waals surface area contributed by atoms with Gasteiger partial charge in [-0.05, 0) is 42.7 Å². The number of benzene rings is 2. The fourth-order valence-corrected chi connectivity index (χ4v) is 4.36. The van der Waals surface area contributed by atoms with Crippen molar-refractivity contribution in [3.8, 4) is 0 Å². The molecular weight excluding hydrogens is 414 g/mol. The average Bonchev–Trinajstić information content (AvgIpc) is 3.08. The van der Waals surface area contributed by atoms with Crippen molar-refractivity contribution in [3.63, 3.8) is 0 Å². The van der Waals surface area contributed by atoms with E-state index in [0.717, 1.165) is 11.8 Å². The van der Waals surface area contributed by atoms with Crippen molar-refractivity contribution >= 4 is 44.2 Å². The normalized spacial score (nSPS) is 13.9. The number of hydrogen-bond donors (Lipinski definition) is 2. The maximum absolute atomic E-state index is 11.7. The van der Waals surface area contributed by atoms with Crippen LogP contribution in [0.2, 0.25) is 5.02 Å². The van der Waals surface area contributed by atoms with Crippen LogP contribution in [0.25, 0.3) is 10.9 Å². The third-order valence-corrected chi connectivity index (χ3v) is 5.88. The van der Waals surface area contributed by atoms with E-state index in [1.54, 1.807) is 35.1 Å². The Labute approximate surface area is 174 Å². The lowest BCUT2D eigenvalue weighted by molar-refractivity contribution is -0.137. The van der Waals surface area contributed by atoms with Gasteiger partial charge in [0, 0.05) is 16.8 Å². The van der Waals surface area contributed by atoms with Crippen LogP contribution in [0.1, 0.15) is 31.7 Å². The molecule has 0 amide bonds. The van der Waals surface area contributed by atoms with Crippen molar-refractivity contribution in [2.75, 3.05) is 11.0 Å². The van der Waals surface area contributed by atoms with Crippen molar-refractivity contribution in [1.82, 2.24) is 9.78 Å². The van der Waals surface area contributed by atoms with Crippen LogP contribution in [0.4, 0.5) is 5.69 Å². The number of carbonyl (C=O) groups is 1. The SMILES string of the molecule is CCC(CCC(=O)O)(c1ccc(Cl)cc1)n1ncc2c(NS(C)(=O)=O)cccc21. The average molecular weight is 436 g/mol. The predicted octanol–water partition coefficient (Wildman–Crippen LogP) is 4.08. The molecule has 0 saturated heterocycles. The second-order valence-electron chi connectivity index (χ2n) is 6.95. The molecule has 7 nitrogen and oxygen atoms in total. The number of aliphatic carboxylic acids is 1. The van der Waals surface area contributed by atoms with Gasteiger partial charge in [-0.2, -0.15) is 5.10 Å². The smallest absolute Gasteiger partial charge is 0.303 e. The highest BCUT2D eigenvalue weighted by atomic mass is 35.5. The van der Waals surface area contributed by atoms with Gasteiger partial charge in [-0.25, -0.2) is 8.42 Å². The minimum absolute atomic E-state index is 0.0426. The number of anilines is 1. The minimum atomic E-state index is -3.46. The molecule has 0 radical (unpaired) electrons. The van der Waals surface area contributed by atoms with Crippen LogP contribution < -0.4 is 4.72 Å². The lowest BCUT2D eigenvalue weighted by Gasteiger charge is -2.34. The lowest BCUT2D eigenvalue weighted by atomic mass is 9.82. The Balaban J connectivity index is 2.22. The molecule has 0 saturated carbocycles. The fraction of sp³-hybridized carbons (Fsp3) is 0.300. The Morgan fingerprint density at radius 3 is 2.52 bits per heavy atom. The third-order valence-electron chi connectivity index (χ3n) is 5.03. The number of sulfonamides is 1. The molecule has 0 spiro atoms. The molecule has 1 atom stereocenters. The van der Waals surface area contributed by atoms with Gasteiger partial charge < -0.3 is 5.11 Å². The number of aromatic nitrogens is 2. The third kappa shape index (κ3) is 4.38. The largest absolute Gasteiger partial charge is 0.481 e. The van der Waals surface area contributed by atoms with E-state index in [2.05, 4.69) is 9.82 Å². The molecule has 2 N–H and O–H groups in total. The topological polar surface area (TPSA) is 101 Å². The van der Waals surface area contributed by atoms with Gasteiger partial charge in [0.15, 0.2) is 0 Å². The van der Waals surface area contributed by atoms with Crippen LogP contribution in [0.5, 0.6) is 0 Å². The molecule has 2 aromatic carbocycles. The first-order valence-electron chi connectivity index (χ1n) is 9.09. The minimum Gasteiger partial charge on any atom is -0.481 e. The molecular formula is C20H22ClN3O4S. The van der Waals surface area contributed by atoms with Gasteiger partial charge in [0.25, 0.3) is 0 Å². The van der Waals surface area contributed by atoms with E-state index in [4.69, 9.17) is 11.6 Å². The summed E-state index contributed by atoms with van der Waals surface area (Å²) in [4.78, 5) is 11.4. The molecule has 9 heteroatoms. The zero-order chi connectivity index (χ0) is 21.2. The second kappa shape index (κ2) is 8.04. The van der Waals surface area contributed by atoms with Gasteiger partial charge in [0.1, 0.15) is 0 Å². The molecule has 0 fully saturated rings. The van der Waals surface area contributed by atoms with E-state index in [9.17, 15) is 18.3 Å². The van der Waals surface area contributed by atoms with E-state index in [-0.39, 0.29) is 6.42 Å². The zero-order valence-electron chi connectivity index (χ0n) is 16.1. The van der Waals surface area contributed by atoms with Gasteiger partial charge in [0.2, 0.25) is 10.0 Å². The van der Waals surface area contributed by atoms with Gasteiger partial charge in [0.05, 0.1) is 29.2 Å². The predicted molar refractivity (Wildman–Crippen MR) is 114 cm³/mol. The van der Waals surface area contributed by atoms with Crippen molar-refractivity contribution in [2.45, 2.75) is 31.7 Å². The maximum atomic E-state index is 11.7. The summed E-state index contributed by atoms with van der Waals surface area (Å²) in [6, 6.07) is 12.5. The Hall–Kier alpha value is -2.58. The van der Waals surface area contributed by atoms with Crippen molar-refractivity contribution in [1.29, 1.82) is 0 Å². The summed E-state index contributed by atoms with van der Waals surface area (Å²) in [6.07, 6.45) is 3.56. The van der Waals surface area contributed by atoms with Crippen LogP contribution in [-0.4, -0.2) is 35.5 Å². The van der Waals surface area contributed by atoms with Gasteiger partial charge >= 0.3 is 5.97 Å². The van der Waals surface area contributed by atoms with Gasteiger partial charge in [-0.3, -0.25) is 14.2 Å². The number of hydrogen-bond acceptors (Lipinski definition) is 4. The first-order valence-corrected chi connectivity index (χ1v) is 11.4. The van der Waals surface area contributed by atoms with Crippen LogP contribution in [-0.2, 0) is 20.4 Å². The van der Waals surface area contributed by atoms with Crippen LogP contribution in [0.15, 0.2) is 48.7 Å². The molecule has 29 heavy (non-hydrogen) atoms. The number of nitrogens with zero attached hydrogens (tertiary/aromatic N) is 2. The second-order valence-corrected chi connectivity index (χ2v) is 9.14. The first kappa shape index (κ1) is 21.1. The molecule has 0 aliphatic heterocycles. The lowest BCUT2D eigenvalue weighted by Crippen LogP contribution is -2.36. The first-order chi connectivity index (χ1) is 13.7. The highest BCUT2D eigenvalue weighted by Gasteiger charge is 2.35. The standard InChI is InChI=1S/C20H22ClN3O4S/c1-3-20(12-11-19(25)26,14-7-9-15(21)10-8-14)24-18-6-4-5-17(16(18)13-22-24)23-29(2,27)28/h4-10,13,23H,3,11-12H2,1-2H3,(H,25,26). The summed E-state index contributed by atoms with van der Waals surface area (Å²) in [5, 5.41) is 15.1. The van der Waals surface area contributed by atoms with Crippen molar-refractivity contribution < 1.29 is 18.3 Å². The molecule has 3 rings (SSSR count). The summed E-state index contributed by atoms with van der Waals surface area (Å²) in [5.74, 6) is -0.896. The van der Waals surface area contributed by atoms with Crippen molar-refractivity contribution in [2.24, 2.45) is 0 Å². The summed E-state index contributed by atoms with van der Waals surface area (Å²) < 4.78 is 27.7. The van der Waals surface area contributed by atoms with E-state index < -0.39 is 21.5 Å². The molecule has 1 aromatic heterocycles. The van der Waals surface area contributed by atoms with Crippen LogP contribution in [0, 0.1) is 0 Å². The summed E-state index contributed by atoms with van der Waals surface area (Å²) >= 11 is 6.05. The Bertz CT molecular complexity index is 1140.